The molecule has 0 spiro atoms. The number of unbranched alkanes of at least 4 members (excludes halogenated alkanes) is 1. The first kappa shape index (κ1) is 17.9. The minimum absolute atomic E-state index is 0.616. The Morgan fingerprint density at radius 1 is 1.36 bits per heavy atom. The zero-order valence-electron chi connectivity index (χ0n) is 15.6. The number of piperidine rings is 1. The van der Waals surface area contributed by atoms with E-state index < -0.39 is 0 Å². The molecule has 0 amide bonds. The summed E-state index contributed by atoms with van der Waals surface area (Å²) in [5.74, 6) is 3.05. The van der Waals surface area contributed by atoms with Gasteiger partial charge in [0, 0.05) is 24.8 Å². The second-order valence-corrected chi connectivity index (χ2v) is 7.20. The van der Waals surface area contributed by atoms with Crippen LogP contribution in [0, 0.1) is 5.92 Å². The average molecular weight is 343 g/mol. The summed E-state index contributed by atoms with van der Waals surface area (Å²) in [6, 6.07) is 4.10. The molecule has 1 aliphatic rings. The van der Waals surface area contributed by atoms with Gasteiger partial charge in [-0.2, -0.15) is 4.98 Å². The highest BCUT2D eigenvalue weighted by Crippen LogP contribution is 2.23. The number of rotatable bonds is 7. The molecular weight excluding hydrogens is 314 g/mol. The zero-order chi connectivity index (χ0) is 17.6. The van der Waals surface area contributed by atoms with Crippen molar-refractivity contribution in [2.75, 3.05) is 31.6 Å². The molecule has 3 rings (SSSR count). The van der Waals surface area contributed by atoms with E-state index in [-0.39, 0.29) is 0 Å². The summed E-state index contributed by atoms with van der Waals surface area (Å²) in [5.41, 5.74) is 0.903. The molecule has 136 valence electrons. The Morgan fingerprint density at radius 3 is 2.96 bits per heavy atom. The van der Waals surface area contributed by atoms with Gasteiger partial charge in [0.25, 0.3) is 0 Å². The predicted molar refractivity (Wildman–Crippen MR) is 99.4 cm³/mol. The first-order chi connectivity index (χ1) is 12.2. The number of nitrogens with zero attached hydrogens (tertiary/aromatic N) is 5. The molecule has 3 heterocycles. The molecule has 1 saturated heterocycles. The van der Waals surface area contributed by atoms with Crippen LogP contribution in [-0.4, -0.2) is 46.7 Å². The van der Waals surface area contributed by atoms with Gasteiger partial charge in [-0.25, -0.2) is 4.98 Å². The van der Waals surface area contributed by atoms with Gasteiger partial charge < -0.3 is 9.42 Å². The van der Waals surface area contributed by atoms with Crippen LogP contribution in [0.3, 0.4) is 0 Å². The van der Waals surface area contributed by atoms with Crippen LogP contribution < -0.4 is 4.90 Å². The SMILES string of the molecule is CCCCN(C)Cc1nc(-c2ccc(N3CCC[C@@H](C)C3)nc2)no1. The fraction of sp³-hybridized carbons (Fsp3) is 0.632. The van der Waals surface area contributed by atoms with E-state index in [1.165, 1.54) is 25.7 Å². The van der Waals surface area contributed by atoms with Gasteiger partial charge in [0.05, 0.1) is 6.54 Å². The van der Waals surface area contributed by atoms with Crippen molar-refractivity contribution < 1.29 is 4.52 Å². The van der Waals surface area contributed by atoms with E-state index in [0.29, 0.717) is 18.3 Å². The lowest BCUT2D eigenvalue weighted by atomic mass is 10.0. The average Bonchev–Trinajstić information content (AvgIpc) is 3.08. The number of anilines is 1. The fourth-order valence-corrected chi connectivity index (χ4v) is 3.28. The van der Waals surface area contributed by atoms with E-state index in [4.69, 9.17) is 4.52 Å². The molecule has 0 unspecified atom stereocenters. The van der Waals surface area contributed by atoms with Gasteiger partial charge >= 0.3 is 0 Å². The number of hydrogen-bond donors (Lipinski definition) is 0. The molecule has 0 N–H and O–H groups in total. The second-order valence-electron chi connectivity index (χ2n) is 7.20. The van der Waals surface area contributed by atoms with Crippen LogP contribution in [0.5, 0.6) is 0 Å². The third kappa shape index (κ3) is 4.78. The highest BCUT2D eigenvalue weighted by atomic mass is 16.5. The molecule has 1 aliphatic heterocycles. The molecule has 0 aromatic carbocycles. The maximum atomic E-state index is 5.39. The van der Waals surface area contributed by atoms with Gasteiger partial charge in [-0.05, 0) is 50.9 Å². The standard InChI is InChI=1S/C19H29N5O/c1-4-5-10-23(3)14-18-21-19(22-25-18)16-8-9-17(20-12-16)24-11-6-7-15(2)13-24/h8-9,12,15H,4-7,10-11,13-14H2,1-3H3/t15-/m1/s1. The molecule has 1 atom stereocenters. The molecule has 6 nitrogen and oxygen atoms in total. The number of hydrogen-bond acceptors (Lipinski definition) is 6. The van der Waals surface area contributed by atoms with Crippen LogP contribution in [0.25, 0.3) is 11.4 Å². The molecule has 2 aromatic heterocycles. The number of aromatic nitrogens is 3. The van der Waals surface area contributed by atoms with Gasteiger partial charge in [0.15, 0.2) is 0 Å². The minimum Gasteiger partial charge on any atom is -0.356 e. The molecule has 25 heavy (non-hydrogen) atoms. The van der Waals surface area contributed by atoms with Crippen LogP contribution >= 0.6 is 0 Å². The maximum Gasteiger partial charge on any atom is 0.241 e. The summed E-state index contributed by atoms with van der Waals surface area (Å²) < 4.78 is 5.39. The summed E-state index contributed by atoms with van der Waals surface area (Å²) >= 11 is 0. The Labute approximate surface area is 150 Å². The summed E-state index contributed by atoms with van der Waals surface area (Å²) in [4.78, 5) is 13.7. The third-order valence-corrected chi connectivity index (χ3v) is 4.75. The van der Waals surface area contributed by atoms with Crippen molar-refractivity contribution in [3.05, 3.63) is 24.2 Å². The second kappa shape index (κ2) is 8.43. The van der Waals surface area contributed by atoms with Gasteiger partial charge in [0.2, 0.25) is 11.7 Å². The van der Waals surface area contributed by atoms with E-state index in [1.807, 2.05) is 12.3 Å². The Balaban J connectivity index is 1.62. The predicted octanol–water partition coefficient (Wildman–Crippen LogP) is 3.60. The van der Waals surface area contributed by atoms with Crippen molar-refractivity contribution in [2.24, 2.45) is 5.92 Å². The monoisotopic (exact) mass is 343 g/mol. The van der Waals surface area contributed by atoms with Crippen LogP contribution in [0.4, 0.5) is 5.82 Å². The number of pyridine rings is 1. The molecule has 2 aromatic rings. The molecular formula is C19H29N5O. The van der Waals surface area contributed by atoms with Crippen molar-refractivity contribution in [1.29, 1.82) is 0 Å². The van der Waals surface area contributed by atoms with Gasteiger partial charge in [-0.3, -0.25) is 4.90 Å². The Hall–Kier alpha value is -1.95. The lowest BCUT2D eigenvalue weighted by molar-refractivity contribution is 0.264. The lowest BCUT2D eigenvalue weighted by Gasteiger charge is -2.31. The van der Waals surface area contributed by atoms with Crippen molar-refractivity contribution in [2.45, 2.75) is 46.1 Å². The normalized spacial score (nSPS) is 18.1. The van der Waals surface area contributed by atoms with Crippen molar-refractivity contribution in [1.82, 2.24) is 20.0 Å². The zero-order valence-corrected chi connectivity index (χ0v) is 15.6. The summed E-state index contributed by atoms with van der Waals surface area (Å²) in [6.45, 7) is 8.40. The largest absolute Gasteiger partial charge is 0.356 e. The van der Waals surface area contributed by atoms with Gasteiger partial charge in [0.1, 0.15) is 5.82 Å². The van der Waals surface area contributed by atoms with E-state index in [0.717, 1.165) is 36.9 Å². The van der Waals surface area contributed by atoms with Gasteiger partial charge in [-0.15, -0.1) is 0 Å². The molecule has 0 radical (unpaired) electrons. The summed E-state index contributed by atoms with van der Waals surface area (Å²) in [5, 5.41) is 4.11. The molecule has 1 fully saturated rings. The topological polar surface area (TPSA) is 58.3 Å². The van der Waals surface area contributed by atoms with E-state index >= 15 is 0 Å². The first-order valence-electron chi connectivity index (χ1n) is 9.38. The maximum absolute atomic E-state index is 5.39. The van der Waals surface area contributed by atoms with Crippen LogP contribution in [-0.2, 0) is 6.54 Å². The first-order valence-corrected chi connectivity index (χ1v) is 9.38. The fourth-order valence-electron chi connectivity index (χ4n) is 3.28. The van der Waals surface area contributed by atoms with Gasteiger partial charge in [-0.1, -0.05) is 25.4 Å². The third-order valence-electron chi connectivity index (χ3n) is 4.75. The molecule has 0 aliphatic carbocycles. The van der Waals surface area contributed by atoms with Crippen molar-refractivity contribution in [3.8, 4) is 11.4 Å². The van der Waals surface area contributed by atoms with Crippen LogP contribution in [0.15, 0.2) is 22.9 Å². The highest BCUT2D eigenvalue weighted by molar-refractivity contribution is 5.55. The summed E-state index contributed by atoms with van der Waals surface area (Å²) in [6.07, 6.45) is 6.77. The Morgan fingerprint density at radius 2 is 2.24 bits per heavy atom. The van der Waals surface area contributed by atoms with Crippen molar-refractivity contribution in [3.63, 3.8) is 0 Å². The quantitative estimate of drug-likeness (QED) is 0.765. The smallest absolute Gasteiger partial charge is 0.241 e. The molecule has 0 saturated carbocycles. The van der Waals surface area contributed by atoms with Crippen LogP contribution in [0.1, 0.15) is 45.4 Å². The van der Waals surface area contributed by atoms with E-state index in [9.17, 15) is 0 Å². The van der Waals surface area contributed by atoms with Crippen LogP contribution in [0.2, 0.25) is 0 Å². The van der Waals surface area contributed by atoms with E-state index in [2.05, 4.69) is 51.9 Å². The van der Waals surface area contributed by atoms with E-state index in [1.54, 1.807) is 0 Å². The Bertz CT molecular complexity index is 654. The molecule has 0 bridgehead atoms. The molecule has 6 heteroatoms. The summed E-state index contributed by atoms with van der Waals surface area (Å²) in [7, 11) is 2.08. The Kier molecular flexibility index (Phi) is 6.02. The highest BCUT2D eigenvalue weighted by Gasteiger charge is 2.18. The minimum atomic E-state index is 0.616. The van der Waals surface area contributed by atoms with Crippen molar-refractivity contribution >= 4 is 5.82 Å². The lowest BCUT2D eigenvalue weighted by Crippen LogP contribution is -2.34.